The summed E-state index contributed by atoms with van der Waals surface area (Å²) in [4.78, 5) is 4.03. The molecule has 10 heavy (non-hydrogen) atoms. The van der Waals surface area contributed by atoms with Crippen LogP contribution in [0.4, 0.5) is 0 Å². The summed E-state index contributed by atoms with van der Waals surface area (Å²) in [6, 6.07) is 2.01. The summed E-state index contributed by atoms with van der Waals surface area (Å²) in [7, 11) is 0. The van der Waals surface area contributed by atoms with E-state index in [2.05, 4.69) is 11.9 Å². The Bertz CT molecular complexity index is 172. The van der Waals surface area contributed by atoms with E-state index in [0.29, 0.717) is 5.57 Å². The van der Waals surface area contributed by atoms with Crippen molar-refractivity contribution < 1.29 is 0 Å². The third-order valence-electron chi connectivity index (χ3n) is 0.959. The molecule has 0 fully saturated rings. The van der Waals surface area contributed by atoms with Gasteiger partial charge in [-0.2, -0.15) is 5.26 Å². The Morgan fingerprint density at radius 3 is 2.90 bits per heavy atom. The molecule has 2 nitrogen and oxygen atoms in total. The Labute approximate surface area is 61.9 Å². The highest BCUT2D eigenvalue weighted by Gasteiger charge is 1.77. The van der Waals surface area contributed by atoms with E-state index in [1.54, 1.807) is 19.2 Å². The van der Waals surface area contributed by atoms with E-state index in [0.717, 1.165) is 13.0 Å². The summed E-state index contributed by atoms with van der Waals surface area (Å²) in [5, 5.41) is 8.31. The first-order chi connectivity index (χ1) is 4.81. The highest BCUT2D eigenvalue weighted by Crippen LogP contribution is 1.85. The maximum Gasteiger partial charge on any atom is 0.0944 e. The lowest BCUT2D eigenvalue weighted by Gasteiger charge is -1.82. The van der Waals surface area contributed by atoms with Crippen LogP contribution in [0.3, 0.4) is 0 Å². The molecule has 0 saturated heterocycles. The van der Waals surface area contributed by atoms with E-state index < -0.39 is 0 Å². The molecule has 0 aliphatic carbocycles. The van der Waals surface area contributed by atoms with Gasteiger partial charge in [0.05, 0.1) is 6.07 Å². The Kier molecular flexibility index (Phi) is 5.36. The third-order valence-corrected chi connectivity index (χ3v) is 0.959. The molecular weight excluding hydrogens is 124 g/mol. The van der Waals surface area contributed by atoms with Gasteiger partial charge in [0.1, 0.15) is 0 Å². The van der Waals surface area contributed by atoms with Crippen LogP contribution in [-0.4, -0.2) is 12.8 Å². The smallest absolute Gasteiger partial charge is 0.0944 e. The van der Waals surface area contributed by atoms with Crippen molar-refractivity contribution in [1.82, 2.24) is 0 Å². The third kappa shape index (κ3) is 5.04. The molecule has 0 atom stereocenters. The number of hydrogen-bond donors (Lipinski definition) is 0. The van der Waals surface area contributed by atoms with E-state index in [-0.39, 0.29) is 0 Å². The van der Waals surface area contributed by atoms with Gasteiger partial charge in [-0.1, -0.05) is 6.92 Å². The minimum atomic E-state index is 0.694. The molecule has 0 saturated carbocycles. The monoisotopic (exact) mass is 136 g/mol. The number of allylic oxidation sites excluding steroid dienone is 2. The van der Waals surface area contributed by atoms with Crippen molar-refractivity contribution in [2.24, 2.45) is 4.99 Å². The molecule has 0 heterocycles. The van der Waals surface area contributed by atoms with E-state index in [9.17, 15) is 0 Å². The van der Waals surface area contributed by atoms with Gasteiger partial charge in [-0.3, -0.25) is 4.99 Å². The van der Waals surface area contributed by atoms with Crippen LogP contribution in [0.25, 0.3) is 0 Å². The summed E-state index contributed by atoms with van der Waals surface area (Å²) in [5.41, 5.74) is 0.694. The predicted octanol–water partition coefficient (Wildman–Crippen LogP) is 1.94. The van der Waals surface area contributed by atoms with Crippen molar-refractivity contribution in [3.63, 3.8) is 0 Å². The van der Waals surface area contributed by atoms with Crippen LogP contribution in [-0.2, 0) is 0 Å². The molecule has 0 aromatic rings. The minimum Gasteiger partial charge on any atom is -0.293 e. The fraction of sp³-hybridized carbons (Fsp3) is 0.500. The Morgan fingerprint density at radius 2 is 2.40 bits per heavy atom. The van der Waals surface area contributed by atoms with E-state index in [1.165, 1.54) is 0 Å². The number of nitriles is 1. The van der Waals surface area contributed by atoms with Crippen molar-refractivity contribution in [3.05, 3.63) is 11.6 Å². The fourth-order valence-corrected chi connectivity index (χ4v) is 0.405. The second-order valence-corrected chi connectivity index (χ2v) is 2.02. The number of hydrogen-bond acceptors (Lipinski definition) is 2. The zero-order chi connectivity index (χ0) is 7.82. The first kappa shape index (κ1) is 8.90. The molecule has 0 aromatic heterocycles. The van der Waals surface area contributed by atoms with Gasteiger partial charge in [0.15, 0.2) is 0 Å². The van der Waals surface area contributed by atoms with Crippen LogP contribution in [0.5, 0.6) is 0 Å². The molecule has 0 N–H and O–H groups in total. The molecular formula is C8H12N2. The van der Waals surface area contributed by atoms with Gasteiger partial charge in [-0.25, -0.2) is 0 Å². The lowest BCUT2D eigenvalue weighted by atomic mass is 10.3. The quantitative estimate of drug-likeness (QED) is 0.431. The second kappa shape index (κ2) is 6.03. The number of nitrogens with zero attached hydrogens (tertiary/aromatic N) is 2. The molecule has 0 aromatic carbocycles. The lowest BCUT2D eigenvalue weighted by molar-refractivity contribution is 0.937. The minimum absolute atomic E-state index is 0.694. The van der Waals surface area contributed by atoms with E-state index in [1.807, 2.05) is 6.07 Å². The van der Waals surface area contributed by atoms with Crippen LogP contribution < -0.4 is 0 Å². The van der Waals surface area contributed by atoms with Gasteiger partial charge in [-0.15, -0.1) is 0 Å². The average molecular weight is 136 g/mol. The van der Waals surface area contributed by atoms with Crippen LogP contribution in [0, 0.1) is 11.3 Å². The summed E-state index contributed by atoms with van der Waals surface area (Å²) < 4.78 is 0. The van der Waals surface area contributed by atoms with Crippen molar-refractivity contribution in [2.45, 2.75) is 20.3 Å². The summed E-state index contributed by atoms with van der Waals surface area (Å²) in [6.07, 6.45) is 4.45. The second-order valence-electron chi connectivity index (χ2n) is 2.02. The molecule has 0 bridgehead atoms. The number of aliphatic imine (C=N–C) groups is 1. The van der Waals surface area contributed by atoms with E-state index >= 15 is 0 Å². The summed E-state index contributed by atoms with van der Waals surface area (Å²) in [6.45, 7) is 4.67. The van der Waals surface area contributed by atoms with Gasteiger partial charge in [0.2, 0.25) is 0 Å². The molecule has 0 amide bonds. The molecule has 0 radical (unpaired) electrons. The van der Waals surface area contributed by atoms with Gasteiger partial charge < -0.3 is 0 Å². The number of rotatable bonds is 3. The standard InChI is InChI=1S/C8H12N2/c1-3-5-10-6-4-8(2)7-9/h4,6H,3,5H2,1-2H3/b8-4+,10-6-. The normalized spacial score (nSPS) is 11.9. The van der Waals surface area contributed by atoms with E-state index in [4.69, 9.17) is 5.26 Å². The van der Waals surface area contributed by atoms with Crippen LogP contribution in [0.2, 0.25) is 0 Å². The molecule has 0 aliphatic rings. The van der Waals surface area contributed by atoms with Gasteiger partial charge in [-0.05, 0) is 19.4 Å². The summed E-state index contributed by atoms with van der Waals surface area (Å²) >= 11 is 0. The topological polar surface area (TPSA) is 36.1 Å². The van der Waals surface area contributed by atoms with Crippen molar-refractivity contribution in [2.75, 3.05) is 6.54 Å². The van der Waals surface area contributed by atoms with Crippen molar-refractivity contribution >= 4 is 6.21 Å². The Hall–Kier alpha value is -1.10. The maximum atomic E-state index is 8.31. The highest BCUT2D eigenvalue weighted by molar-refractivity contribution is 5.73. The lowest BCUT2D eigenvalue weighted by Crippen LogP contribution is -1.76. The first-order valence-electron chi connectivity index (χ1n) is 3.38. The van der Waals surface area contributed by atoms with Crippen molar-refractivity contribution in [1.29, 1.82) is 5.26 Å². The van der Waals surface area contributed by atoms with Crippen LogP contribution >= 0.6 is 0 Å². The zero-order valence-electron chi connectivity index (χ0n) is 6.46. The molecule has 0 unspecified atom stereocenters. The summed E-state index contributed by atoms with van der Waals surface area (Å²) in [5.74, 6) is 0. The predicted molar refractivity (Wildman–Crippen MR) is 43.0 cm³/mol. The molecule has 0 rings (SSSR count). The fourth-order valence-electron chi connectivity index (χ4n) is 0.405. The Balaban J connectivity index is 3.62. The van der Waals surface area contributed by atoms with Gasteiger partial charge in [0, 0.05) is 18.3 Å². The molecule has 0 aliphatic heterocycles. The average Bonchev–Trinajstić information content (AvgIpc) is 1.98. The maximum absolute atomic E-state index is 8.31. The van der Waals surface area contributed by atoms with Gasteiger partial charge in [0.25, 0.3) is 0 Å². The first-order valence-corrected chi connectivity index (χ1v) is 3.38. The largest absolute Gasteiger partial charge is 0.293 e. The van der Waals surface area contributed by atoms with Crippen LogP contribution in [0.15, 0.2) is 16.6 Å². The van der Waals surface area contributed by atoms with Gasteiger partial charge >= 0.3 is 0 Å². The Morgan fingerprint density at radius 1 is 1.70 bits per heavy atom. The highest BCUT2D eigenvalue weighted by atomic mass is 14.7. The van der Waals surface area contributed by atoms with Crippen LogP contribution in [0.1, 0.15) is 20.3 Å². The SMILES string of the molecule is CCC/N=C\C=C(/C)C#N. The molecule has 0 spiro atoms. The molecule has 2 heteroatoms. The van der Waals surface area contributed by atoms with Crippen molar-refractivity contribution in [3.8, 4) is 6.07 Å². The molecule has 54 valence electrons. The zero-order valence-corrected chi connectivity index (χ0v) is 6.46.